The number of benzene rings is 3. The summed E-state index contributed by atoms with van der Waals surface area (Å²) >= 11 is 5.02. The minimum Gasteiger partial charge on any atom is -0.481 e. The van der Waals surface area contributed by atoms with Crippen molar-refractivity contribution >= 4 is 39.9 Å². The van der Waals surface area contributed by atoms with E-state index < -0.39 is 12.0 Å². The predicted octanol–water partition coefficient (Wildman–Crippen LogP) is 2.94. The van der Waals surface area contributed by atoms with Crippen molar-refractivity contribution in [1.29, 1.82) is 0 Å². The Bertz CT molecular complexity index is 1010. The Morgan fingerprint density at radius 2 is 1.57 bits per heavy atom. The molecule has 0 bridgehead atoms. The SMILES string of the molecule is CC(Oc1ccc2ccccc2c1)C(=O)NNC(=S)NC(=O)c1ccccc1. The number of carbonyl (C=O) groups excluding carboxylic acids is 2. The summed E-state index contributed by atoms with van der Waals surface area (Å²) in [4.78, 5) is 24.2. The van der Waals surface area contributed by atoms with Crippen LogP contribution in [0.4, 0.5) is 0 Å². The van der Waals surface area contributed by atoms with Gasteiger partial charge in [0.25, 0.3) is 11.8 Å². The van der Waals surface area contributed by atoms with Crippen molar-refractivity contribution < 1.29 is 14.3 Å². The molecule has 0 aliphatic heterocycles. The first kappa shape index (κ1) is 19.3. The molecular weight excluding hydrogens is 374 g/mol. The molecule has 0 radical (unpaired) electrons. The summed E-state index contributed by atoms with van der Waals surface area (Å²) in [5.74, 6) is -0.210. The Kier molecular flexibility index (Phi) is 6.18. The van der Waals surface area contributed by atoms with E-state index in [4.69, 9.17) is 17.0 Å². The first-order valence-corrected chi connectivity index (χ1v) is 9.05. The highest BCUT2D eigenvalue weighted by Gasteiger charge is 2.15. The molecule has 0 spiro atoms. The van der Waals surface area contributed by atoms with Crippen LogP contribution in [-0.4, -0.2) is 23.0 Å². The summed E-state index contributed by atoms with van der Waals surface area (Å²) in [6, 6.07) is 22.1. The van der Waals surface area contributed by atoms with Crippen LogP contribution in [0.3, 0.4) is 0 Å². The molecule has 1 unspecified atom stereocenters. The van der Waals surface area contributed by atoms with Crippen LogP contribution >= 0.6 is 12.2 Å². The molecule has 0 saturated heterocycles. The van der Waals surface area contributed by atoms with E-state index in [1.54, 1.807) is 31.2 Å². The predicted molar refractivity (Wildman–Crippen MR) is 112 cm³/mol. The van der Waals surface area contributed by atoms with Crippen molar-refractivity contribution in [3.8, 4) is 5.75 Å². The third-order valence-electron chi connectivity index (χ3n) is 3.97. The second kappa shape index (κ2) is 8.96. The second-order valence-corrected chi connectivity index (χ2v) is 6.44. The molecule has 1 atom stereocenters. The largest absolute Gasteiger partial charge is 0.481 e. The van der Waals surface area contributed by atoms with Gasteiger partial charge in [0.15, 0.2) is 11.2 Å². The lowest BCUT2D eigenvalue weighted by Gasteiger charge is -2.16. The Labute approximate surface area is 167 Å². The van der Waals surface area contributed by atoms with Crippen LogP contribution in [0.2, 0.25) is 0 Å². The molecular formula is C21H19N3O3S. The minimum absolute atomic E-state index is 0.0138. The average Bonchev–Trinajstić information content (AvgIpc) is 2.72. The third-order valence-corrected chi connectivity index (χ3v) is 4.17. The maximum absolute atomic E-state index is 12.2. The Morgan fingerprint density at radius 3 is 2.32 bits per heavy atom. The number of hydrogen-bond donors (Lipinski definition) is 3. The molecule has 3 N–H and O–H groups in total. The summed E-state index contributed by atoms with van der Waals surface area (Å²) in [5, 5.41) is 4.59. The Morgan fingerprint density at radius 1 is 0.893 bits per heavy atom. The van der Waals surface area contributed by atoms with Gasteiger partial charge in [-0.1, -0.05) is 48.5 Å². The lowest BCUT2D eigenvalue weighted by molar-refractivity contribution is -0.127. The lowest BCUT2D eigenvalue weighted by Crippen LogP contribution is -2.51. The topological polar surface area (TPSA) is 79.5 Å². The molecule has 0 aromatic heterocycles. The summed E-state index contributed by atoms with van der Waals surface area (Å²) in [5.41, 5.74) is 5.39. The van der Waals surface area contributed by atoms with Crippen LogP contribution in [0.25, 0.3) is 10.8 Å². The number of hydrogen-bond acceptors (Lipinski definition) is 4. The lowest BCUT2D eigenvalue weighted by atomic mass is 10.1. The highest BCUT2D eigenvalue weighted by molar-refractivity contribution is 7.80. The van der Waals surface area contributed by atoms with E-state index in [2.05, 4.69) is 16.2 Å². The Balaban J connectivity index is 1.49. The molecule has 28 heavy (non-hydrogen) atoms. The number of fused-ring (bicyclic) bond motifs is 1. The molecule has 2 amide bonds. The molecule has 0 aliphatic rings. The van der Waals surface area contributed by atoms with Crippen molar-refractivity contribution in [2.45, 2.75) is 13.0 Å². The molecule has 3 aromatic rings. The van der Waals surface area contributed by atoms with Gasteiger partial charge in [-0.15, -0.1) is 0 Å². The van der Waals surface area contributed by atoms with E-state index in [9.17, 15) is 9.59 Å². The van der Waals surface area contributed by atoms with E-state index in [1.165, 1.54) is 0 Å². The standard InChI is InChI=1S/C21H19N3O3S/c1-14(27-18-12-11-15-7-5-6-10-17(15)13-18)19(25)23-24-21(28)22-20(26)16-8-3-2-4-9-16/h2-14H,1H3,(H,23,25)(H2,22,24,26,28). The summed E-state index contributed by atoms with van der Waals surface area (Å²) in [6.45, 7) is 1.62. The van der Waals surface area contributed by atoms with Gasteiger partial charge in [0.2, 0.25) is 0 Å². The molecule has 0 heterocycles. The number of hydrazine groups is 1. The number of nitrogens with one attached hydrogen (secondary N) is 3. The van der Waals surface area contributed by atoms with Gasteiger partial charge in [-0.25, -0.2) is 0 Å². The van der Waals surface area contributed by atoms with Crippen molar-refractivity contribution in [3.05, 3.63) is 78.4 Å². The van der Waals surface area contributed by atoms with Crippen LogP contribution in [0.15, 0.2) is 72.8 Å². The molecule has 3 rings (SSSR count). The van der Waals surface area contributed by atoms with Gasteiger partial charge in [-0.3, -0.25) is 25.8 Å². The maximum atomic E-state index is 12.2. The summed E-state index contributed by atoms with van der Waals surface area (Å²) < 4.78 is 5.68. The zero-order valence-electron chi connectivity index (χ0n) is 15.1. The van der Waals surface area contributed by atoms with E-state index in [0.717, 1.165) is 10.8 Å². The fourth-order valence-electron chi connectivity index (χ4n) is 2.51. The molecule has 142 valence electrons. The average molecular weight is 393 g/mol. The monoisotopic (exact) mass is 393 g/mol. The minimum atomic E-state index is -0.763. The smallest absolute Gasteiger partial charge is 0.279 e. The fraction of sp³-hybridized carbons (Fsp3) is 0.0952. The van der Waals surface area contributed by atoms with Crippen molar-refractivity contribution in [2.75, 3.05) is 0 Å². The van der Waals surface area contributed by atoms with Gasteiger partial charge in [0, 0.05) is 5.56 Å². The molecule has 0 aliphatic carbocycles. The van der Waals surface area contributed by atoms with Crippen LogP contribution in [0.5, 0.6) is 5.75 Å². The van der Waals surface area contributed by atoms with Gasteiger partial charge >= 0.3 is 0 Å². The van der Waals surface area contributed by atoms with Gasteiger partial charge < -0.3 is 4.74 Å². The number of thiocarbonyl (C=S) groups is 1. The molecule has 0 saturated carbocycles. The van der Waals surface area contributed by atoms with Crippen LogP contribution in [-0.2, 0) is 4.79 Å². The normalized spacial score (nSPS) is 11.3. The summed E-state index contributed by atoms with van der Waals surface area (Å²) in [7, 11) is 0. The van der Waals surface area contributed by atoms with Gasteiger partial charge in [-0.05, 0) is 54.2 Å². The van der Waals surface area contributed by atoms with Crippen molar-refractivity contribution in [3.63, 3.8) is 0 Å². The van der Waals surface area contributed by atoms with Crippen LogP contribution in [0.1, 0.15) is 17.3 Å². The van der Waals surface area contributed by atoms with E-state index in [0.29, 0.717) is 11.3 Å². The van der Waals surface area contributed by atoms with Crippen LogP contribution < -0.4 is 20.9 Å². The first-order valence-electron chi connectivity index (χ1n) is 8.64. The zero-order valence-corrected chi connectivity index (χ0v) is 16.0. The quantitative estimate of drug-likeness (QED) is 0.469. The highest BCUT2D eigenvalue weighted by Crippen LogP contribution is 2.21. The second-order valence-electron chi connectivity index (χ2n) is 6.03. The van der Waals surface area contributed by atoms with Gasteiger partial charge in [0.1, 0.15) is 5.75 Å². The first-order chi connectivity index (χ1) is 13.5. The van der Waals surface area contributed by atoms with Crippen molar-refractivity contribution in [1.82, 2.24) is 16.2 Å². The number of rotatable bonds is 4. The van der Waals surface area contributed by atoms with E-state index in [-0.39, 0.29) is 11.0 Å². The number of carbonyl (C=O) groups is 2. The third kappa shape index (κ3) is 5.05. The van der Waals surface area contributed by atoms with Crippen LogP contribution in [0, 0.1) is 0 Å². The fourth-order valence-corrected chi connectivity index (χ4v) is 2.66. The number of ether oxygens (including phenoxy) is 1. The van der Waals surface area contributed by atoms with Gasteiger partial charge in [0.05, 0.1) is 0 Å². The maximum Gasteiger partial charge on any atom is 0.279 e. The number of amides is 2. The molecule has 0 fully saturated rings. The van der Waals surface area contributed by atoms with Gasteiger partial charge in [-0.2, -0.15) is 0 Å². The molecule has 3 aromatic carbocycles. The van der Waals surface area contributed by atoms with Crippen molar-refractivity contribution in [2.24, 2.45) is 0 Å². The molecule has 6 nitrogen and oxygen atoms in total. The Hall–Kier alpha value is -3.45. The highest BCUT2D eigenvalue weighted by atomic mass is 32.1. The van der Waals surface area contributed by atoms with E-state index >= 15 is 0 Å². The summed E-state index contributed by atoms with van der Waals surface area (Å²) in [6.07, 6.45) is -0.763. The molecule has 7 heteroatoms. The van der Waals surface area contributed by atoms with E-state index in [1.807, 2.05) is 48.5 Å². The zero-order chi connectivity index (χ0) is 19.9.